The zero-order chi connectivity index (χ0) is 10.7. The molecule has 0 aliphatic carbocycles. The molecule has 0 aliphatic heterocycles. The normalized spacial score (nSPS) is 9.50. The summed E-state index contributed by atoms with van der Waals surface area (Å²) < 4.78 is 0.385. The average Bonchev–Trinajstić information content (AvgIpc) is 2.16. The fourth-order valence-corrected chi connectivity index (χ4v) is 1.79. The Morgan fingerprint density at radius 3 is 2.71 bits per heavy atom. The van der Waals surface area contributed by atoms with Crippen molar-refractivity contribution < 1.29 is 9.90 Å². The van der Waals surface area contributed by atoms with Gasteiger partial charge in [0.25, 0.3) is 0 Å². The monoisotopic (exact) mass is 273 g/mol. The molecule has 0 fully saturated rings. The van der Waals surface area contributed by atoms with E-state index in [2.05, 4.69) is 15.9 Å². The lowest BCUT2D eigenvalue weighted by Crippen LogP contribution is -2.04. The van der Waals surface area contributed by atoms with Crippen LogP contribution in [-0.2, 0) is 5.88 Å². The van der Waals surface area contributed by atoms with Crippen molar-refractivity contribution in [1.29, 1.82) is 5.26 Å². The fourth-order valence-electron chi connectivity index (χ4n) is 1.07. The predicted molar refractivity (Wildman–Crippen MR) is 55.4 cm³/mol. The summed E-state index contributed by atoms with van der Waals surface area (Å²) in [6.45, 7) is 0. The minimum atomic E-state index is -1.14. The van der Waals surface area contributed by atoms with E-state index in [1.807, 2.05) is 6.07 Å². The van der Waals surface area contributed by atoms with Gasteiger partial charge in [0.15, 0.2) is 0 Å². The number of benzene rings is 1. The largest absolute Gasteiger partial charge is 0.478 e. The van der Waals surface area contributed by atoms with Crippen molar-refractivity contribution in [3.05, 3.63) is 33.3 Å². The summed E-state index contributed by atoms with van der Waals surface area (Å²) in [6, 6.07) is 5.04. The maximum Gasteiger partial charge on any atom is 0.338 e. The molecule has 5 heteroatoms. The highest BCUT2D eigenvalue weighted by Gasteiger charge is 2.17. The Morgan fingerprint density at radius 2 is 2.29 bits per heavy atom. The second-order valence-electron chi connectivity index (χ2n) is 2.51. The lowest BCUT2D eigenvalue weighted by molar-refractivity contribution is 0.0695. The molecule has 0 unspecified atom stereocenters. The Morgan fingerprint density at radius 1 is 1.64 bits per heavy atom. The smallest absolute Gasteiger partial charge is 0.338 e. The first-order chi connectivity index (χ1) is 6.61. The Labute approximate surface area is 94.0 Å². The van der Waals surface area contributed by atoms with Crippen LogP contribution in [0.4, 0.5) is 0 Å². The van der Waals surface area contributed by atoms with Crippen LogP contribution in [0.2, 0.25) is 0 Å². The third kappa shape index (κ3) is 1.89. The minimum Gasteiger partial charge on any atom is -0.478 e. The second-order valence-corrected chi connectivity index (χ2v) is 3.63. The molecule has 0 saturated carbocycles. The van der Waals surface area contributed by atoms with Gasteiger partial charge in [-0.2, -0.15) is 5.26 Å². The van der Waals surface area contributed by atoms with Gasteiger partial charge in [0.1, 0.15) is 6.07 Å². The molecule has 0 aromatic heterocycles. The molecule has 0 aliphatic rings. The van der Waals surface area contributed by atoms with Crippen LogP contribution in [0.5, 0.6) is 0 Å². The number of carbonyl (C=O) groups is 1. The third-order valence-electron chi connectivity index (χ3n) is 1.71. The first-order valence-corrected chi connectivity index (χ1v) is 4.95. The van der Waals surface area contributed by atoms with Crippen molar-refractivity contribution in [1.82, 2.24) is 0 Å². The molecule has 1 N–H and O–H groups in total. The van der Waals surface area contributed by atoms with Gasteiger partial charge in [0.2, 0.25) is 0 Å². The molecule has 14 heavy (non-hydrogen) atoms. The SMILES string of the molecule is N#Cc1c(CCl)ccc(Br)c1C(=O)O. The zero-order valence-electron chi connectivity index (χ0n) is 6.92. The van der Waals surface area contributed by atoms with Gasteiger partial charge in [-0.15, -0.1) is 11.6 Å². The van der Waals surface area contributed by atoms with E-state index in [0.29, 0.717) is 10.0 Å². The number of halogens is 2. The maximum absolute atomic E-state index is 10.8. The van der Waals surface area contributed by atoms with Crippen LogP contribution in [0.25, 0.3) is 0 Å². The Kier molecular flexibility index (Phi) is 3.50. The summed E-state index contributed by atoms with van der Waals surface area (Å²) in [5.74, 6) is -1.02. The summed E-state index contributed by atoms with van der Waals surface area (Å²) in [6.07, 6.45) is 0. The van der Waals surface area contributed by atoms with Crippen molar-refractivity contribution in [2.45, 2.75) is 5.88 Å². The van der Waals surface area contributed by atoms with Crippen LogP contribution in [0.15, 0.2) is 16.6 Å². The standard InChI is InChI=1S/C9H5BrClNO2/c10-7-2-1-5(3-11)6(4-12)8(7)9(13)14/h1-2H,3H2,(H,13,14). The van der Waals surface area contributed by atoms with Gasteiger partial charge in [-0.1, -0.05) is 6.07 Å². The Balaban J connectivity index is 3.53. The van der Waals surface area contributed by atoms with E-state index in [1.54, 1.807) is 12.1 Å². The molecule has 0 atom stereocenters. The van der Waals surface area contributed by atoms with E-state index in [9.17, 15) is 4.79 Å². The minimum absolute atomic E-state index is 0.0364. The lowest BCUT2D eigenvalue weighted by atomic mass is 10.0. The first-order valence-electron chi connectivity index (χ1n) is 3.62. The van der Waals surface area contributed by atoms with Crippen LogP contribution in [0.1, 0.15) is 21.5 Å². The average molecular weight is 275 g/mol. The summed E-state index contributed by atoms with van der Waals surface area (Å²) in [5.41, 5.74) is 0.599. The topological polar surface area (TPSA) is 61.1 Å². The van der Waals surface area contributed by atoms with E-state index < -0.39 is 5.97 Å². The summed E-state index contributed by atoms with van der Waals surface area (Å²) in [5, 5.41) is 17.7. The van der Waals surface area contributed by atoms with Crippen molar-refractivity contribution in [3.63, 3.8) is 0 Å². The highest BCUT2D eigenvalue weighted by atomic mass is 79.9. The molecular formula is C9H5BrClNO2. The quantitative estimate of drug-likeness (QED) is 0.844. The highest BCUT2D eigenvalue weighted by Crippen LogP contribution is 2.24. The van der Waals surface area contributed by atoms with E-state index in [0.717, 1.165) is 0 Å². The fraction of sp³-hybridized carbons (Fsp3) is 0.111. The summed E-state index contributed by atoms with van der Waals surface area (Å²) >= 11 is 8.66. The number of hydrogen-bond donors (Lipinski definition) is 1. The second kappa shape index (κ2) is 4.45. The van der Waals surface area contributed by atoms with Gasteiger partial charge in [0, 0.05) is 10.4 Å². The van der Waals surface area contributed by atoms with Gasteiger partial charge in [-0.25, -0.2) is 4.79 Å². The Hall–Kier alpha value is -1.05. The van der Waals surface area contributed by atoms with Gasteiger partial charge in [-0.05, 0) is 27.6 Å². The maximum atomic E-state index is 10.8. The molecule has 0 spiro atoms. The molecule has 3 nitrogen and oxygen atoms in total. The van der Waals surface area contributed by atoms with Crippen molar-refractivity contribution in [2.24, 2.45) is 0 Å². The predicted octanol–water partition coefficient (Wildman–Crippen LogP) is 2.76. The van der Waals surface area contributed by atoms with E-state index in [1.165, 1.54) is 0 Å². The molecular weight excluding hydrogens is 269 g/mol. The van der Waals surface area contributed by atoms with Gasteiger partial charge in [0.05, 0.1) is 11.1 Å². The summed E-state index contributed by atoms with van der Waals surface area (Å²) in [7, 11) is 0. The Bertz CT molecular complexity index is 426. The number of rotatable bonds is 2. The van der Waals surface area contributed by atoms with Crippen LogP contribution >= 0.6 is 27.5 Å². The molecule has 1 rings (SSSR count). The van der Waals surface area contributed by atoms with Crippen molar-refractivity contribution in [2.75, 3.05) is 0 Å². The molecule has 1 aromatic carbocycles. The van der Waals surface area contributed by atoms with E-state index in [4.69, 9.17) is 22.0 Å². The van der Waals surface area contributed by atoms with Gasteiger partial charge in [-0.3, -0.25) is 0 Å². The van der Waals surface area contributed by atoms with Crippen LogP contribution in [0.3, 0.4) is 0 Å². The molecule has 0 bridgehead atoms. The molecule has 72 valence electrons. The number of nitriles is 1. The molecule has 0 radical (unpaired) electrons. The van der Waals surface area contributed by atoms with E-state index >= 15 is 0 Å². The van der Waals surface area contributed by atoms with Gasteiger partial charge < -0.3 is 5.11 Å². The number of carboxylic acid groups (broad SMARTS) is 1. The molecule has 1 aromatic rings. The zero-order valence-corrected chi connectivity index (χ0v) is 9.26. The number of aromatic carboxylic acids is 1. The van der Waals surface area contributed by atoms with Crippen LogP contribution in [0, 0.1) is 11.3 Å². The number of hydrogen-bond acceptors (Lipinski definition) is 2. The molecule has 0 amide bonds. The lowest BCUT2D eigenvalue weighted by Gasteiger charge is -2.05. The molecule has 0 saturated heterocycles. The van der Waals surface area contributed by atoms with Crippen LogP contribution < -0.4 is 0 Å². The molecule has 0 heterocycles. The van der Waals surface area contributed by atoms with Crippen molar-refractivity contribution in [3.8, 4) is 6.07 Å². The van der Waals surface area contributed by atoms with Crippen LogP contribution in [-0.4, -0.2) is 11.1 Å². The summed E-state index contributed by atoms with van der Waals surface area (Å²) in [4.78, 5) is 10.8. The van der Waals surface area contributed by atoms with E-state index in [-0.39, 0.29) is 17.0 Å². The number of nitrogens with zero attached hydrogens (tertiary/aromatic N) is 1. The number of alkyl halides is 1. The number of carboxylic acids is 1. The van der Waals surface area contributed by atoms with Gasteiger partial charge >= 0.3 is 5.97 Å². The third-order valence-corrected chi connectivity index (χ3v) is 2.66. The highest BCUT2D eigenvalue weighted by molar-refractivity contribution is 9.10. The van der Waals surface area contributed by atoms with Crippen molar-refractivity contribution >= 4 is 33.5 Å². The first kappa shape index (κ1) is 11.0.